The molecule has 0 aliphatic heterocycles. The molecular formula is C11H20N4O. The first kappa shape index (κ1) is 12.7. The Morgan fingerprint density at radius 1 is 1.38 bits per heavy atom. The van der Waals surface area contributed by atoms with E-state index >= 15 is 0 Å². The Labute approximate surface area is 96.4 Å². The lowest BCUT2D eigenvalue weighted by Gasteiger charge is -2.14. The molecule has 1 atom stereocenters. The van der Waals surface area contributed by atoms with Crippen LogP contribution in [-0.4, -0.2) is 16.1 Å². The Kier molecular flexibility index (Phi) is 4.49. The quantitative estimate of drug-likeness (QED) is 0.591. The molecule has 16 heavy (non-hydrogen) atoms. The van der Waals surface area contributed by atoms with E-state index < -0.39 is 0 Å². The summed E-state index contributed by atoms with van der Waals surface area (Å²) in [6.07, 6.45) is 1.08. The number of nitrogens with two attached hydrogens (primary N) is 1. The minimum atomic E-state index is 0.139. The number of ether oxygens (including phenoxy) is 1. The summed E-state index contributed by atoms with van der Waals surface area (Å²) in [6.45, 7) is 8.13. The fraction of sp³-hybridized carbons (Fsp3) is 0.636. The summed E-state index contributed by atoms with van der Waals surface area (Å²) in [5.41, 5.74) is 2.52. The van der Waals surface area contributed by atoms with Gasteiger partial charge in [-0.25, -0.2) is 10.8 Å². The summed E-state index contributed by atoms with van der Waals surface area (Å²) < 4.78 is 5.65. The molecule has 1 aromatic heterocycles. The smallest absolute Gasteiger partial charge is 0.219 e. The van der Waals surface area contributed by atoms with Crippen LogP contribution in [0, 0.1) is 0 Å². The van der Waals surface area contributed by atoms with Gasteiger partial charge in [0.25, 0.3) is 0 Å². The molecule has 1 heterocycles. The number of aromatic nitrogens is 2. The maximum Gasteiger partial charge on any atom is 0.219 e. The molecule has 0 bridgehead atoms. The molecule has 0 aliphatic rings. The van der Waals surface area contributed by atoms with E-state index in [0.29, 0.717) is 11.7 Å². The summed E-state index contributed by atoms with van der Waals surface area (Å²) in [5, 5.41) is 0. The van der Waals surface area contributed by atoms with E-state index in [2.05, 4.69) is 22.3 Å². The van der Waals surface area contributed by atoms with Gasteiger partial charge in [-0.2, -0.15) is 4.98 Å². The molecule has 5 nitrogen and oxygen atoms in total. The molecule has 1 aromatic rings. The van der Waals surface area contributed by atoms with Crippen LogP contribution in [0.1, 0.15) is 45.9 Å². The fourth-order valence-electron chi connectivity index (χ4n) is 1.12. The van der Waals surface area contributed by atoms with Crippen molar-refractivity contribution in [3.05, 3.63) is 11.9 Å². The molecule has 1 rings (SSSR count). The van der Waals surface area contributed by atoms with E-state index in [9.17, 15) is 0 Å². The Bertz CT molecular complexity index is 341. The van der Waals surface area contributed by atoms with E-state index in [1.165, 1.54) is 0 Å². The standard InChI is InChI=1S/C11H20N4O/c1-5-8(4)16-10-6-9(15-12)13-11(14-10)7(2)3/h6-8H,5,12H2,1-4H3,(H,13,14,15). The van der Waals surface area contributed by atoms with Crippen molar-refractivity contribution >= 4 is 5.82 Å². The molecule has 0 amide bonds. The first-order valence-corrected chi connectivity index (χ1v) is 5.59. The highest BCUT2D eigenvalue weighted by Crippen LogP contribution is 2.19. The van der Waals surface area contributed by atoms with Crippen LogP contribution in [0.2, 0.25) is 0 Å². The van der Waals surface area contributed by atoms with Gasteiger partial charge in [0.15, 0.2) is 0 Å². The molecule has 0 saturated carbocycles. The van der Waals surface area contributed by atoms with Crippen molar-refractivity contribution in [2.45, 2.75) is 46.1 Å². The van der Waals surface area contributed by atoms with Gasteiger partial charge < -0.3 is 10.2 Å². The van der Waals surface area contributed by atoms with Crippen molar-refractivity contribution in [3.8, 4) is 5.88 Å². The maximum absolute atomic E-state index is 5.65. The van der Waals surface area contributed by atoms with E-state index in [1.54, 1.807) is 6.07 Å². The molecular weight excluding hydrogens is 204 g/mol. The summed E-state index contributed by atoms with van der Waals surface area (Å²) in [5.74, 6) is 7.48. The highest BCUT2D eigenvalue weighted by atomic mass is 16.5. The number of rotatable bonds is 5. The van der Waals surface area contributed by atoms with Crippen molar-refractivity contribution in [1.29, 1.82) is 0 Å². The van der Waals surface area contributed by atoms with Crippen molar-refractivity contribution < 1.29 is 4.74 Å². The first-order chi connectivity index (χ1) is 7.56. The Balaban J connectivity index is 2.95. The van der Waals surface area contributed by atoms with Gasteiger partial charge in [0.05, 0.1) is 6.10 Å². The monoisotopic (exact) mass is 224 g/mol. The molecule has 0 saturated heterocycles. The molecule has 90 valence electrons. The van der Waals surface area contributed by atoms with E-state index in [0.717, 1.165) is 12.2 Å². The Hall–Kier alpha value is -1.36. The van der Waals surface area contributed by atoms with Crippen LogP contribution in [0.3, 0.4) is 0 Å². The van der Waals surface area contributed by atoms with E-state index in [1.807, 2.05) is 20.8 Å². The zero-order chi connectivity index (χ0) is 12.1. The summed E-state index contributed by atoms with van der Waals surface area (Å²) in [7, 11) is 0. The van der Waals surface area contributed by atoms with Crippen LogP contribution in [0.4, 0.5) is 5.82 Å². The Morgan fingerprint density at radius 3 is 2.56 bits per heavy atom. The highest BCUT2D eigenvalue weighted by molar-refractivity contribution is 5.37. The van der Waals surface area contributed by atoms with Gasteiger partial charge in [-0.15, -0.1) is 0 Å². The van der Waals surface area contributed by atoms with E-state index in [-0.39, 0.29) is 12.0 Å². The molecule has 1 unspecified atom stereocenters. The van der Waals surface area contributed by atoms with Gasteiger partial charge in [0.2, 0.25) is 5.88 Å². The SMILES string of the molecule is CCC(C)Oc1cc(NN)nc(C(C)C)n1. The lowest BCUT2D eigenvalue weighted by atomic mass is 10.2. The van der Waals surface area contributed by atoms with Crippen molar-refractivity contribution in [2.24, 2.45) is 5.84 Å². The lowest BCUT2D eigenvalue weighted by molar-refractivity contribution is 0.207. The molecule has 0 aromatic carbocycles. The van der Waals surface area contributed by atoms with Crippen LogP contribution in [0.25, 0.3) is 0 Å². The number of anilines is 1. The molecule has 0 radical (unpaired) electrons. The number of hydrogen-bond donors (Lipinski definition) is 2. The molecule has 0 spiro atoms. The van der Waals surface area contributed by atoms with Gasteiger partial charge in [0.1, 0.15) is 11.6 Å². The first-order valence-electron chi connectivity index (χ1n) is 5.59. The topological polar surface area (TPSA) is 73.1 Å². The third-order valence-electron chi connectivity index (χ3n) is 2.28. The Morgan fingerprint density at radius 2 is 2.06 bits per heavy atom. The van der Waals surface area contributed by atoms with Crippen LogP contribution in [-0.2, 0) is 0 Å². The number of hydrazine groups is 1. The number of hydrogen-bond acceptors (Lipinski definition) is 5. The fourth-order valence-corrected chi connectivity index (χ4v) is 1.12. The lowest BCUT2D eigenvalue weighted by Crippen LogP contribution is -2.15. The van der Waals surface area contributed by atoms with Crippen LogP contribution in [0.15, 0.2) is 6.07 Å². The van der Waals surface area contributed by atoms with Gasteiger partial charge in [0, 0.05) is 12.0 Å². The van der Waals surface area contributed by atoms with Gasteiger partial charge in [-0.1, -0.05) is 20.8 Å². The van der Waals surface area contributed by atoms with Crippen molar-refractivity contribution in [1.82, 2.24) is 9.97 Å². The van der Waals surface area contributed by atoms with E-state index in [4.69, 9.17) is 10.6 Å². The molecule has 0 fully saturated rings. The van der Waals surface area contributed by atoms with Crippen LogP contribution >= 0.6 is 0 Å². The minimum absolute atomic E-state index is 0.139. The largest absolute Gasteiger partial charge is 0.475 e. The normalized spacial score (nSPS) is 12.6. The molecule has 5 heteroatoms. The van der Waals surface area contributed by atoms with Gasteiger partial charge in [-0.3, -0.25) is 0 Å². The van der Waals surface area contributed by atoms with Crippen LogP contribution < -0.4 is 16.0 Å². The number of nitrogens with one attached hydrogen (secondary N) is 1. The second-order valence-corrected chi connectivity index (χ2v) is 4.09. The van der Waals surface area contributed by atoms with Gasteiger partial charge in [-0.05, 0) is 13.3 Å². The average Bonchev–Trinajstić information content (AvgIpc) is 2.28. The summed E-state index contributed by atoms with van der Waals surface area (Å²) >= 11 is 0. The average molecular weight is 224 g/mol. The maximum atomic E-state index is 5.65. The second kappa shape index (κ2) is 5.65. The van der Waals surface area contributed by atoms with Crippen molar-refractivity contribution in [3.63, 3.8) is 0 Å². The van der Waals surface area contributed by atoms with Gasteiger partial charge >= 0.3 is 0 Å². The predicted molar refractivity (Wildman–Crippen MR) is 64.3 cm³/mol. The zero-order valence-electron chi connectivity index (χ0n) is 10.3. The zero-order valence-corrected chi connectivity index (χ0v) is 10.3. The summed E-state index contributed by atoms with van der Waals surface area (Å²) in [6, 6.07) is 1.71. The minimum Gasteiger partial charge on any atom is -0.475 e. The number of nitrogen functional groups attached to an aromatic ring is 1. The summed E-state index contributed by atoms with van der Waals surface area (Å²) in [4.78, 5) is 8.60. The molecule has 0 aliphatic carbocycles. The number of nitrogens with zero attached hydrogens (tertiary/aromatic N) is 2. The van der Waals surface area contributed by atoms with Crippen LogP contribution in [0.5, 0.6) is 5.88 Å². The van der Waals surface area contributed by atoms with Crippen molar-refractivity contribution in [2.75, 3.05) is 5.43 Å². The highest BCUT2D eigenvalue weighted by Gasteiger charge is 2.10. The third kappa shape index (κ3) is 3.34. The predicted octanol–water partition coefficient (Wildman–Crippen LogP) is 2.06. The third-order valence-corrected chi connectivity index (χ3v) is 2.28. The second-order valence-electron chi connectivity index (χ2n) is 4.09. The molecule has 3 N–H and O–H groups in total.